The molecule has 0 heterocycles. The van der Waals surface area contributed by atoms with Crippen LogP contribution in [0.4, 0.5) is 0 Å². The van der Waals surface area contributed by atoms with Crippen molar-refractivity contribution in [2.75, 3.05) is 0 Å². The Labute approximate surface area is 229 Å². The highest BCUT2D eigenvalue weighted by atomic mass is 14.4. The van der Waals surface area contributed by atoms with E-state index in [0.29, 0.717) is 0 Å². The van der Waals surface area contributed by atoms with Crippen LogP contribution >= 0.6 is 0 Å². The maximum Gasteiger partial charge on any atom is 0.0159 e. The summed E-state index contributed by atoms with van der Waals surface area (Å²) in [5.74, 6) is 0. The highest BCUT2D eigenvalue weighted by Crippen LogP contribution is 2.49. The van der Waals surface area contributed by atoms with Gasteiger partial charge in [0, 0.05) is 5.41 Å². The van der Waals surface area contributed by atoms with Gasteiger partial charge < -0.3 is 0 Å². The predicted octanol–water partition coefficient (Wildman–Crippen LogP) is 10.8. The Morgan fingerprint density at radius 3 is 1.51 bits per heavy atom. The van der Waals surface area contributed by atoms with Crippen molar-refractivity contribution in [1.29, 1.82) is 0 Å². The van der Waals surface area contributed by atoms with Crippen LogP contribution in [0.15, 0.2) is 133 Å². The Morgan fingerprint density at radius 2 is 0.821 bits per heavy atom. The number of rotatable bonds is 2. The van der Waals surface area contributed by atoms with Gasteiger partial charge in [-0.1, -0.05) is 129 Å². The average Bonchev–Trinajstić information content (AvgIpc) is 3.23. The summed E-state index contributed by atoms with van der Waals surface area (Å²) in [6.45, 7) is 4.70. The largest absolute Gasteiger partial charge is 0.0619 e. The van der Waals surface area contributed by atoms with Crippen molar-refractivity contribution >= 4 is 32.3 Å². The lowest BCUT2D eigenvalue weighted by molar-refractivity contribution is 0.660. The van der Waals surface area contributed by atoms with E-state index in [-0.39, 0.29) is 5.41 Å². The number of benzene rings is 7. The van der Waals surface area contributed by atoms with Gasteiger partial charge in [-0.3, -0.25) is 0 Å². The van der Waals surface area contributed by atoms with Crippen molar-refractivity contribution < 1.29 is 0 Å². The van der Waals surface area contributed by atoms with Crippen LogP contribution in [0.1, 0.15) is 25.0 Å². The Morgan fingerprint density at radius 1 is 0.333 bits per heavy atom. The van der Waals surface area contributed by atoms with Gasteiger partial charge in [0.2, 0.25) is 0 Å². The van der Waals surface area contributed by atoms with Crippen LogP contribution in [-0.2, 0) is 5.41 Å². The first-order valence-electron chi connectivity index (χ1n) is 13.8. The fraction of sp³-hybridized carbons (Fsp3) is 0.0769. The molecule has 0 saturated heterocycles. The minimum absolute atomic E-state index is 0.00171. The first-order chi connectivity index (χ1) is 19.1. The summed E-state index contributed by atoms with van der Waals surface area (Å²) < 4.78 is 0. The molecule has 0 aliphatic heterocycles. The van der Waals surface area contributed by atoms with Crippen LogP contribution in [0, 0.1) is 0 Å². The van der Waals surface area contributed by atoms with E-state index in [2.05, 4.69) is 147 Å². The fourth-order valence-electron chi connectivity index (χ4n) is 6.85. The Balaban J connectivity index is 1.27. The smallest absolute Gasteiger partial charge is 0.0159 e. The van der Waals surface area contributed by atoms with Gasteiger partial charge in [0.15, 0.2) is 0 Å². The normalized spacial score (nSPS) is 13.6. The van der Waals surface area contributed by atoms with Crippen molar-refractivity contribution in [3.63, 3.8) is 0 Å². The minimum Gasteiger partial charge on any atom is -0.0619 e. The van der Waals surface area contributed by atoms with Crippen LogP contribution < -0.4 is 0 Å². The third-order valence-corrected chi connectivity index (χ3v) is 8.86. The van der Waals surface area contributed by atoms with E-state index in [4.69, 9.17) is 0 Å². The van der Waals surface area contributed by atoms with Gasteiger partial charge in [-0.05, 0) is 95.0 Å². The van der Waals surface area contributed by atoms with Gasteiger partial charge in [-0.15, -0.1) is 0 Å². The maximum atomic E-state index is 2.41. The lowest BCUT2D eigenvalue weighted by atomic mass is 9.81. The van der Waals surface area contributed by atoms with Gasteiger partial charge >= 0.3 is 0 Å². The molecule has 0 aromatic heterocycles. The third kappa shape index (κ3) is 3.25. The standard InChI is InChI=1S/C39H28/c1-39(2)37-17-8-7-16-34(37)35-21-19-28(24-38(35)39)26-11-9-10-25(22-26)27-18-20-33-31-14-4-3-12-29(31)30-13-5-6-15-32(30)36(33)23-27/h3-24H,1-2H3. The van der Waals surface area contributed by atoms with Crippen molar-refractivity contribution in [3.05, 3.63) is 145 Å². The molecule has 0 heteroatoms. The highest BCUT2D eigenvalue weighted by molar-refractivity contribution is 6.25. The molecule has 8 rings (SSSR count). The Kier molecular flexibility index (Phi) is 4.67. The summed E-state index contributed by atoms with van der Waals surface area (Å²) in [7, 11) is 0. The zero-order valence-electron chi connectivity index (χ0n) is 22.2. The third-order valence-electron chi connectivity index (χ3n) is 8.86. The summed E-state index contributed by atoms with van der Waals surface area (Å²) in [5.41, 5.74) is 10.6. The van der Waals surface area contributed by atoms with Crippen molar-refractivity contribution in [3.8, 4) is 33.4 Å². The lowest BCUT2D eigenvalue weighted by Gasteiger charge is -2.22. The predicted molar refractivity (Wildman–Crippen MR) is 167 cm³/mol. The molecular formula is C39H28. The second-order valence-corrected chi connectivity index (χ2v) is 11.4. The molecule has 0 amide bonds. The SMILES string of the molecule is CC1(C)c2ccccc2-c2ccc(-c3cccc(-c4ccc5c6ccccc6c6ccccc6c5c4)c3)cc21. The van der Waals surface area contributed by atoms with E-state index < -0.39 is 0 Å². The van der Waals surface area contributed by atoms with Gasteiger partial charge in [-0.25, -0.2) is 0 Å². The van der Waals surface area contributed by atoms with E-state index in [1.165, 1.54) is 76.8 Å². The van der Waals surface area contributed by atoms with Gasteiger partial charge in [-0.2, -0.15) is 0 Å². The molecule has 39 heavy (non-hydrogen) atoms. The van der Waals surface area contributed by atoms with Crippen molar-refractivity contribution in [2.45, 2.75) is 19.3 Å². The molecule has 0 radical (unpaired) electrons. The highest BCUT2D eigenvalue weighted by Gasteiger charge is 2.35. The summed E-state index contributed by atoms with van der Waals surface area (Å²) in [6.07, 6.45) is 0. The van der Waals surface area contributed by atoms with E-state index in [0.717, 1.165) is 0 Å². The summed E-state index contributed by atoms with van der Waals surface area (Å²) in [6, 6.07) is 49.4. The summed E-state index contributed by atoms with van der Waals surface area (Å²) in [4.78, 5) is 0. The van der Waals surface area contributed by atoms with Crippen LogP contribution in [0.2, 0.25) is 0 Å². The van der Waals surface area contributed by atoms with Gasteiger partial charge in [0.1, 0.15) is 0 Å². The lowest BCUT2D eigenvalue weighted by Crippen LogP contribution is -2.14. The molecule has 0 spiro atoms. The van der Waals surface area contributed by atoms with Crippen LogP contribution in [0.5, 0.6) is 0 Å². The Bertz CT molecular complexity index is 2060. The zero-order valence-corrected chi connectivity index (χ0v) is 22.2. The van der Waals surface area contributed by atoms with E-state index >= 15 is 0 Å². The van der Waals surface area contributed by atoms with Crippen molar-refractivity contribution in [2.24, 2.45) is 0 Å². The van der Waals surface area contributed by atoms with Crippen LogP contribution in [-0.4, -0.2) is 0 Å². The molecule has 0 saturated carbocycles. The molecule has 0 bridgehead atoms. The first kappa shape index (κ1) is 22.3. The molecule has 1 aliphatic carbocycles. The van der Waals surface area contributed by atoms with E-state index in [1.807, 2.05) is 0 Å². The molecule has 184 valence electrons. The molecular weight excluding hydrogens is 468 g/mol. The molecule has 0 atom stereocenters. The molecule has 0 N–H and O–H groups in total. The zero-order chi connectivity index (χ0) is 26.1. The molecule has 0 nitrogen and oxygen atoms in total. The van der Waals surface area contributed by atoms with Gasteiger partial charge in [0.25, 0.3) is 0 Å². The number of fused-ring (bicyclic) bond motifs is 9. The second-order valence-electron chi connectivity index (χ2n) is 11.4. The minimum atomic E-state index is 0.00171. The summed E-state index contributed by atoms with van der Waals surface area (Å²) >= 11 is 0. The van der Waals surface area contributed by atoms with Crippen LogP contribution in [0.25, 0.3) is 65.7 Å². The summed E-state index contributed by atoms with van der Waals surface area (Å²) in [5, 5.41) is 7.87. The second kappa shape index (κ2) is 8.16. The van der Waals surface area contributed by atoms with E-state index in [1.54, 1.807) is 0 Å². The molecule has 0 unspecified atom stereocenters. The molecule has 1 aliphatic rings. The molecule has 0 fully saturated rings. The molecule has 7 aromatic rings. The maximum absolute atomic E-state index is 2.41. The van der Waals surface area contributed by atoms with E-state index in [9.17, 15) is 0 Å². The first-order valence-corrected chi connectivity index (χ1v) is 13.8. The quantitative estimate of drug-likeness (QED) is 0.209. The topological polar surface area (TPSA) is 0 Å². The van der Waals surface area contributed by atoms with Crippen LogP contribution in [0.3, 0.4) is 0 Å². The average molecular weight is 497 g/mol. The van der Waals surface area contributed by atoms with Gasteiger partial charge in [0.05, 0.1) is 0 Å². The fourth-order valence-corrected chi connectivity index (χ4v) is 6.85. The number of hydrogen-bond donors (Lipinski definition) is 0. The Hall–Kier alpha value is -4.68. The monoisotopic (exact) mass is 496 g/mol. The van der Waals surface area contributed by atoms with Crippen molar-refractivity contribution in [1.82, 2.24) is 0 Å². The number of hydrogen-bond acceptors (Lipinski definition) is 0. The molecule has 7 aromatic carbocycles.